The quantitative estimate of drug-likeness (QED) is 0.561. The Kier molecular flexibility index (Phi) is 6.57. The second-order valence-electron chi connectivity index (χ2n) is 9.38. The number of benzene rings is 1. The van der Waals surface area contributed by atoms with Gasteiger partial charge in [-0.15, -0.1) is 10.2 Å². The number of hydrogen-bond acceptors (Lipinski definition) is 7. The van der Waals surface area contributed by atoms with Gasteiger partial charge in [0.1, 0.15) is 5.75 Å². The normalized spacial score (nSPS) is 18.6. The van der Waals surface area contributed by atoms with Crippen molar-refractivity contribution in [3.05, 3.63) is 53.9 Å². The molecule has 0 radical (unpaired) electrons. The highest BCUT2D eigenvalue weighted by molar-refractivity contribution is 5.80. The fourth-order valence-electron chi connectivity index (χ4n) is 5.08. The summed E-state index contributed by atoms with van der Waals surface area (Å²) in [7, 11) is 1.68. The maximum Gasteiger partial charge on any atom is 0.227 e. The van der Waals surface area contributed by atoms with Crippen molar-refractivity contribution in [3.63, 3.8) is 0 Å². The van der Waals surface area contributed by atoms with Crippen molar-refractivity contribution in [2.45, 2.75) is 26.7 Å². The molecular formula is C26H33N7O2. The molecular weight excluding hydrogens is 442 g/mol. The molecule has 0 aliphatic carbocycles. The Morgan fingerprint density at radius 1 is 0.914 bits per heavy atom. The van der Waals surface area contributed by atoms with E-state index in [1.54, 1.807) is 11.8 Å². The molecule has 184 valence electrons. The largest absolute Gasteiger partial charge is 0.497 e. The third kappa shape index (κ3) is 4.94. The Morgan fingerprint density at radius 3 is 2.26 bits per heavy atom. The van der Waals surface area contributed by atoms with Crippen LogP contribution < -0.4 is 14.5 Å². The minimum Gasteiger partial charge on any atom is -0.497 e. The van der Waals surface area contributed by atoms with Crippen LogP contribution in [0.15, 0.2) is 42.5 Å². The second-order valence-corrected chi connectivity index (χ2v) is 9.38. The molecule has 0 spiro atoms. The lowest BCUT2D eigenvalue weighted by molar-refractivity contribution is -0.136. The van der Waals surface area contributed by atoms with Crippen LogP contribution in [0.25, 0.3) is 5.82 Å². The smallest absolute Gasteiger partial charge is 0.227 e. The van der Waals surface area contributed by atoms with E-state index in [4.69, 9.17) is 4.74 Å². The molecule has 0 N–H and O–H groups in total. The summed E-state index contributed by atoms with van der Waals surface area (Å²) < 4.78 is 7.06. The first-order chi connectivity index (χ1) is 17.0. The van der Waals surface area contributed by atoms with Crippen LogP contribution in [0.1, 0.15) is 24.2 Å². The minimum atomic E-state index is -0.00577. The molecule has 2 aliphatic heterocycles. The molecule has 2 aliphatic rings. The zero-order chi connectivity index (χ0) is 24.4. The van der Waals surface area contributed by atoms with Gasteiger partial charge >= 0.3 is 0 Å². The van der Waals surface area contributed by atoms with E-state index in [2.05, 4.69) is 37.2 Å². The zero-order valence-electron chi connectivity index (χ0n) is 20.7. The van der Waals surface area contributed by atoms with Crippen molar-refractivity contribution in [1.29, 1.82) is 0 Å². The summed E-state index contributed by atoms with van der Waals surface area (Å²) in [5.74, 6) is 2.64. The first-order valence-corrected chi connectivity index (χ1v) is 12.3. The number of carbonyl (C=O) groups is 1. The van der Waals surface area contributed by atoms with E-state index in [1.165, 1.54) is 5.69 Å². The number of piperidine rings is 1. The van der Waals surface area contributed by atoms with Crippen LogP contribution in [-0.2, 0) is 4.79 Å². The number of aryl methyl sites for hydroxylation is 2. The summed E-state index contributed by atoms with van der Waals surface area (Å²) in [6.07, 6.45) is 1.90. The fraction of sp³-hybridized carbons (Fsp3) is 0.462. The van der Waals surface area contributed by atoms with Gasteiger partial charge in [0, 0.05) is 50.6 Å². The number of methoxy groups -OCH3 is 1. The van der Waals surface area contributed by atoms with Gasteiger partial charge in [0.2, 0.25) is 5.91 Å². The topological polar surface area (TPSA) is 79.6 Å². The van der Waals surface area contributed by atoms with Gasteiger partial charge in [0.25, 0.3) is 0 Å². The van der Waals surface area contributed by atoms with Gasteiger partial charge in [0.05, 0.1) is 18.7 Å². The molecule has 2 aromatic heterocycles. The molecule has 9 nitrogen and oxygen atoms in total. The lowest BCUT2D eigenvalue weighted by Crippen LogP contribution is -2.52. The van der Waals surface area contributed by atoms with Crippen molar-refractivity contribution in [1.82, 2.24) is 24.9 Å². The minimum absolute atomic E-state index is 0.00577. The molecule has 2 fully saturated rings. The number of aromatic nitrogens is 4. The molecule has 0 saturated carbocycles. The Hall–Kier alpha value is -3.62. The number of ether oxygens (including phenoxy) is 1. The molecule has 1 atom stereocenters. The Bertz CT molecular complexity index is 1150. The summed E-state index contributed by atoms with van der Waals surface area (Å²) >= 11 is 0. The highest BCUT2D eigenvalue weighted by Crippen LogP contribution is 2.25. The van der Waals surface area contributed by atoms with Gasteiger partial charge in [-0.25, -0.2) is 4.68 Å². The molecule has 1 amide bonds. The lowest BCUT2D eigenvalue weighted by Gasteiger charge is -2.40. The number of rotatable bonds is 5. The molecule has 35 heavy (non-hydrogen) atoms. The van der Waals surface area contributed by atoms with Crippen molar-refractivity contribution >= 4 is 17.4 Å². The van der Waals surface area contributed by atoms with Crippen LogP contribution in [-0.4, -0.2) is 77.2 Å². The number of hydrogen-bond donors (Lipinski definition) is 0. The van der Waals surface area contributed by atoms with E-state index in [9.17, 15) is 4.79 Å². The van der Waals surface area contributed by atoms with Crippen LogP contribution in [0.5, 0.6) is 5.75 Å². The van der Waals surface area contributed by atoms with Gasteiger partial charge < -0.3 is 19.4 Å². The van der Waals surface area contributed by atoms with Crippen molar-refractivity contribution < 1.29 is 9.53 Å². The zero-order valence-corrected chi connectivity index (χ0v) is 20.7. The van der Waals surface area contributed by atoms with Crippen LogP contribution in [0.2, 0.25) is 0 Å². The number of nitrogens with zero attached hydrogens (tertiary/aromatic N) is 7. The Labute approximate surface area is 206 Å². The monoisotopic (exact) mass is 475 g/mol. The molecule has 1 aromatic carbocycles. The highest BCUT2D eigenvalue weighted by atomic mass is 16.5. The molecule has 5 rings (SSSR count). The van der Waals surface area contributed by atoms with Crippen molar-refractivity contribution in [3.8, 4) is 11.6 Å². The third-order valence-corrected chi connectivity index (χ3v) is 6.99. The average Bonchev–Trinajstić information content (AvgIpc) is 3.26. The molecule has 4 heterocycles. The van der Waals surface area contributed by atoms with Gasteiger partial charge in [-0.1, -0.05) is 0 Å². The first-order valence-electron chi connectivity index (χ1n) is 12.3. The number of piperazine rings is 1. The maximum atomic E-state index is 13.4. The number of amides is 1. The van der Waals surface area contributed by atoms with E-state index in [-0.39, 0.29) is 11.8 Å². The Balaban J connectivity index is 1.18. The van der Waals surface area contributed by atoms with Gasteiger partial charge in [0.15, 0.2) is 11.6 Å². The maximum absolute atomic E-state index is 13.4. The predicted octanol–water partition coefficient (Wildman–Crippen LogP) is 2.85. The standard InChI is InChI=1S/C26H33N7O2/c1-19-17-20(2)33(29-19)25-11-10-24(27-28-25)32-12-4-5-21(18-32)26(34)31-15-13-30(14-16-31)22-6-8-23(35-3)9-7-22/h6-11,17,21H,4-5,12-16,18H2,1-3H3. The van der Waals surface area contributed by atoms with E-state index >= 15 is 0 Å². The highest BCUT2D eigenvalue weighted by Gasteiger charge is 2.31. The SMILES string of the molecule is COc1ccc(N2CCN(C(=O)C3CCCN(c4ccc(-n5nc(C)cc5C)nn4)C3)CC2)cc1. The van der Waals surface area contributed by atoms with Crippen LogP contribution in [0.3, 0.4) is 0 Å². The van der Waals surface area contributed by atoms with E-state index < -0.39 is 0 Å². The Morgan fingerprint density at radius 2 is 1.63 bits per heavy atom. The van der Waals surface area contributed by atoms with Crippen molar-refractivity contribution in [2.75, 3.05) is 56.2 Å². The van der Waals surface area contributed by atoms with Gasteiger partial charge in [-0.2, -0.15) is 5.10 Å². The van der Waals surface area contributed by atoms with Crippen LogP contribution >= 0.6 is 0 Å². The van der Waals surface area contributed by atoms with Crippen LogP contribution in [0.4, 0.5) is 11.5 Å². The third-order valence-electron chi connectivity index (χ3n) is 6.99. The summed E-state index contributed by atoms with van der Waals surface area (Å²) in [5.41, 5.74) is 3.15. The fourth-order valence-corrected chi connectivity index (χ4v) is 5.08. The number of anilines is 2. The second kappa shape index (κ2) is 9.93. The predicted molar refractivity (Wildman–Crippen MR) is 135 cm³/mol. The van der Waals surface area contributed by atoms with E-state index in [1.807, 2.05) is 49.1 Å². The van der Waals surface area contributed by atoms with E-state index in [0.29, 0.717) is 12.4 Å². The average molecular weight is 476 g/mol. The summed E-state index contributed by atoms with van der Waals surface area (Å²) in [4.78, 5) is 19.9. The van der Waals surface area contributed by atoms with Crippen LogP contribution in [0, 0.1) is 19.8 Å². The molecule has 9 heteroatoms. The van der Waals surface area contributed by atoms with E-state index in [0.717, 1.165) is 68.5 Å². The lowest BCUT2D eigenvalue weighted by atomic mass is 9.96. The molecule has 0 bridgehead atoms. The molecule has 1 unspecified atom stereocenters. The van der Waals surface area contributed by atoms with Gasteiger partial charge in [-0.3, -0.25) is 4.79 Å². The summed E-state index contributed by atoms with van der Waals surface area (Å²) in [6, 6.07) is 14.1. The van der Waals surface area contributed by atoms with Crippen molar-refractivity contribution in [2.24, 2.45) is 5.92 Å². The molecule has 2 saturated heterocycles. The summed E-state index contributed by atoms with van der Waals surface area (Å²) in [6.45, 7) is 8.73. The number of carbonyl (C=O) groups excluding carboxylic acids is 1. The summed E-state index contributed by atoms with van der Waals surface area (Å²) in [5, 5.41) is 13.4. The molecule has 3 aromatic rings. The van der Waals surface area contributed by atoms with Gasteiger partial charge in [-0.05, 0) is 69.2 Å². The first kappa shape index (κ1) is 23.1.